The number of hydrogen-bond donors (Lipinski definition) is 1. The molecule has 2 unspecified atom stereocenters. The van der Waals surface area contributed by atoms with E-state index >= 15 is 0 Å². The number of fused-ring (bicyclic) bond motifs is 2. The van der Waals surface area contributed by atoms with Crippen LogP contribution in [-0.2, 0) is 30.5 Å². The van der Waals surface area contributed by atoms with E-state index in [1.165, 1.54) is 4.90 Å². The number of carbonyl (C=O) groups is 3. The van der Waals surface area contributed by atoms with Gasteiger partial charge in [0, 0.05) is 13.1 Å². The molecule has 3 fully saturated rings. The quantitative estimate of drug-likeness (QED) is 0.250. The van der Waals surface area contributed by atoms with Gasteiger partial charge in [-0.05, 0) is 37.8 Å². The molecule has 0 aliphatic carbocycles. The van der Waals surface area contributed by atoms with E-state index in [2.05, 4.69) is 23.5 Å². The number of aromatic nitrogens is 3. The number of carbonyl (C=O) groups excluding carboxylic acids is 3. The summed E-state index contributed by atoms with van der Waals surface area (Å²) >= 11 is 0. The zero-order chi connectivity index (χ0) is 26.9. The van der Waals surface area contributed by atoms with E-state index in [4.69, 9.17) is 9.47 Å². The number of aliphatic hydroxyl groups is 1. The van der Waals surface area contributed by atoms with E-state index < -0.39 is 35.6 Å². The molecule has 1 N–H and O–H groups in total. The summed E-state index contributed by atoms with van der Waals surface area (Å²) in [7, 11) is 0. The van der Waals surface area contributed by atoms with Crippen LogP contribution < -0.4 is 0 Å². The highest BCUT2D eigenvalue weighted by molar-refractivity contribution is 5.98. The molecule has 202 valence electrons. The van der Waals surface area contributed by atoms with Crippen molar-refractivity contribution in [3.8, 4) is 0 Å². The summed E-state index contributed by atoms with van der Waals surface area (Å²) in [5.74, 6) is -2.82. The fourth-order valence-corrected chi connectivity index (χ4v) is 6.27. The zero-order valence-corrected chi connectivity index (χ0v) is 21.3. The van der Waals surface area contributed by atoms with Gasteiger partial charge in [0.15, 0.2) is 0 Å². The molecule has 5 atom stereocenters. The fourth-order valence-electron chi connectivity index (χ4n) is 6.27. The summed E-state index contributed by atoms with van der Waals surface area (Å²) in [4.78, 5) is 44.0. The first-order valence-electron chi connectivity index (χ1n) is 13.0. The number of unbranched alkanes of at least 4 members (excludes halogenated alkanes) is 1. The lowest BCUT2D eigenvalue weighted by atomic mass is 9.70. The first kappa shape index (κ1) is 26.1. The lowest BCUT2D eigenvalue weighted by Crippen LogP contribution is -2.56. The number of benzene rings is 1. The van der Waals surface area contributed by atoms with Crippen molar-refractivity contribution in [3.05, 3.63) is 49.6 Å². The van der Waals surface area contributed by atoms with Crippen LogP contribution in [0.3, 0.4) is 0 Å². The van der Waals surface area contributed by atoms with Crippen molar-refractivity contribution >= 4 is 28.8 Å². The fraction of sp³-hybridized carbons (Fsp3) is 0.519. The number of esters is 1. The topological polar surface area (TPSA) is 127 Å². The third-order valence-electron chi connectivity index (χ3n) is 7.83. The maximum Gasteiger partial charge on any atom is 0.312 e. The summed E-state index contributed by atoms with van der Waals surface area (Å²) in [5.41, 5.74) is 0.294. The molecule has 0 saturated carbocycles. The van der Waals surface area contributed by atoms with Crippen molar-refractivity contribution in [1.82, 2.24) is 24.8 Å². The predicted octanol–water partition coefficient (Wildman–Crippen LogP) is 1.28. The zero-order valence-electron chi connectivity index (χ0n) is 21.3. The number of rotatable bonds is 12. The molecule has 3 aliphatic heterocycles. The molecule has 1 aromatic carbocycles. The van der Waals surface area contributed by atoms with E-state index in [1.54, 1.807) is 21.7 Å². The molecule has 4 heterocycles. The van der Waals surface area contributed by atoms with Crippen molar-refractivity contribution in [1.29, 1.82) is 0 Å². The van der Waals surface area contributed by atoms with Crippen molar-refractivity contribution in [3.63, 3.8) is 0 Å². The Morgan fingerprint density at radius 2 is 2.11 bits per heavy atom. The Morgan fingerprint density at radius 1 is 1.29 bits per heavy atom. The number of β-amino-alcohol motifs (C(OH)–C–C–N with tert-alkyl or cyclic N) is 1. The van der Waals surface area contributed by atoms with Gasteiger partial charge in [0.05, 0.1) is 36.7 Å². The van der Waals surface area contributed by atoms with E-state index in [9.17, 15) is 19.5 Å². The van der Waals surface area contributed by atoms with E-state index in [1.807, 2.05) is 24.3 Å². The van der Waals surface area contributed by atoms with E-state index in [-0.39, 0.29) is 44.8 Å². The molecule has 11 heteroatoms. The number of para-hydroxylation sites is 1. The first-order chi connectivity index (χ1) is 18.5. The Balaban J connectivity index is 1.44. The highest BCUT2D eigenvalue weighted by atomic mass is 16.6. The lowest BCUT2D eigenvalue weighted by molar-refractivity contribution is -0.155. The number of hydrogen-bond acceptors (Lipinski definition) is 8. The van der Waals surface area contributed by atoms with Crippen LogP contribution in [0, 0.1) is 11.8 Å². The molecular formula is C27H33N5O6. The number of aliphatic hydroxyl groups excluding tert-OH is 1. The van der Waals surface area contributed by atoms with Crippen molar-refractivity contribution < 1.29 is 29.0 Å². The average molecular weight is 524 g/mol. The second-order valence-corrected chi connectivity index (χ2v) is 9.98. The van der Waals surface area contributed by atoms with Gasteiger partial charge in [-0.25, -0.2) is 4.68 Å². The van der Waals surface area contributed by atoms with E-state index in [0.717, 1.165) is 5.52 Å². The molecule has 0 radical (unpaired) electrons. The summed E-state index contributed by atoms with van der Waals surface area (Å²) in [6.45, 7) is 7.61. The minimum absolute atomic E-state index is 0.0448. The predicted molar refractivity (Wildman–Crippen MR) is 136 cm³/mol. The number of likely N-dealkylation sites (tertiary alicyclic amines) is 1. The maximum atomic E-state index is 14.2. The van der Waals surface area contributed by atoms with Crippen LogP contribution in [0.4, 0.5) is 0 Å². The standard InChI is InChI=1S/C27H33N5O6/c1-3-5-8-16-37-26(36)21-20-11-12-27(38-20)22(21)24(34)31(14-15-33)23(27)25(35)30(13-4-2)17-32-19-10-7-6-9-18(19)28-29-32/h3-4,6-7,9-10,20-23,33H,1-2,5,8,11-17H2/t20-,21+,22+,23?,27?/m1/s1. The van der Waals surface area contributed by atoms with Gasteiger partial charge < -0.3 is 24.4 Å². The lowest BCUT2D eigenvalue weighted by Gasteiger charge is -2.36. The van der Waals surface area contributed by atoms with Crippen LogP contribution >= 0.6 is 0 Å². The summed E-state index contributed by atoms with van der Waals surface area (Å²) in [6.07, 6.45) is 5.23. The number of ether oxygens (including phenoxy) is 2. The Labute approximate surface area is 220 Å². The highest BCUT2D eigenvalue weighted by Gasteiger charge is 2.75. The van der Waals surface area contributed by atoms with Crippen molar-refractivity contribution in [2.24, 2.45) is 11.8 Å². The van der Waals surface area contributed by atoms with Gasteiger partial charge in [-0.1, -0.05) is 29.5 Å². The molecule has 2 bridgehead atoms. The van der Waals surface area contributed by atoms with Crippen LogP contribution in [0.1, 0.15) is 25.7 Å². The minimum atomic E-state index is -1.16. The van der Waals surface area contributed by atoms with Crippen LogP contribution in [0.15, 0.2) is 49.6 Å². The van der Waals surface area contributed by atoms with Gasteiger partial charge in [-0.2, -0.15) is 0 Å². The summed E-state index contributed by atoms with van der Waals surface area (Å²) in [6, 6.07) is 6.43. The van der Waals surface area contributed by atoms with E-state index in [0.29, 0.717) is 31.2 Å². The molecular weight excluding hydrogens is 490 g/mol. The summed E-state index contributed by atoms with van der Waals surface area (Å²) in [5, 5.41) is 18.2. The van der Waals surface area contributed by atoms with Gasteiger partial charge in [0.25, 0.3) is 0 Å². The molecule has 3 aliphatic rings. The first-order valence-corrected chi connectivity index (χ1v) is 13.0. The van der Waals surface area contributed by atoms with Gasteiger partial charge in [-0.3, -0.25) is 14.4 Å². The molecule has 1 spiro atoms. The van der Waals surface area contributed by atoms with Gasteiger partial charge in [-0.15, -0.1) is 18.3 Å². The molecule has 38 heavy (non-hydrogen) atoms. The minimum Gasteiger partial charge on any atom is -0.465 e. The molecule has 1 aromatic heterocycles. The Hall–Kier alpha value is -3.57. The van der Waals surface area contributed by atoms with Crippen molar-refractivity contribution in [2.75, 3.05) is 26.3 Å². The van der Waals surface area contributed by atoms with Gasteiger partial charge in [0.1, 0.15) is 23.8 Å². The Bertz CT molecular complexity index is 1250. The maximum absolute atomic E-state index is 14.2. The molecule has 2 aromatic rings. The smallest absolute Gasteiger partial charge is 0.312 e. The van der Waals surface area contributed by atoms with Gasteiger partial charge in [0.2, 0.25) is 11.8 Å². The number of amides is 2. The Morgan fingerprint density at radius 3 is 2.87 bits per heavy atom. The highest BCUT2D eigenvalue weighted by Crippen LogP contribution is 2.58. The molecule has 11 nitrogen and oxygen atoms in total. The number of nitrogens with zero attached hydrogens (tertiary/aromatic N) is 5. The third kappa shape index (κ3) is 4.19. The van der Waals surface area contributed by atoms with Crippen LogP contribution in [0.2, 0.25) is 0 Å². The van der Waals surface area contributed by atoms with Crippen LogP contribution in [0.25, 0.3) is 11.0 Å². The number of allylic oxidation sites excluding steroid dienone is 1. The van der Waals surface area contributed by atoms with Crippen LogP contribution in [-0.4, -0.2) is 91.7 Å². The molecule has 3 saturated heterocycles. The largest absolute Gasteiger partial charge is 0.465 e. The monoisotopic (exact) mass is 523 g/mol. The summed E-state index contributed by atoms with van der Waals surface area (Å²) < 4.78 is 13.5. The van der Waals surface area contributed by atoms with Crippen molar-refractivity contribution in [2.45, 2.75) is 50.1 Å². The van der Waals surface area contributed by atoms with Gasteiger partial charge >= 0.3 is 5.97 Å². The molecule has 2 amide bonds. The van der Waals surface area contributed by atoms with Crippen LogP contribution in [0.5, 0.6) is 0 Å². The third-order valence-corrected chi connectivity index (χ3v) is 7.83. The SMILES string of the molecule is C=CCCCOC(=O)[C@@H]1[C@H]2C(=O)N(CCO)C(C(=O)N(CC=C)Cn3nnc4ccccc43)C23CC[C@H]1O3. The second kappa shape index (κ2) is 10.7. The normalized spacial score (nSPS) is 27.5. The average Bonchev–Trinajstić information content (AvgIpc) is 3.66. The molecule has 5 rings (SSSR count). The second-order valence-electron chi connectivity index (χ2n) is 9.98. The Kier molecular flexibility index (Phi) is 7.31.